The van der Waals surface area contributed by atoms with Crippen LogP contribution in [-0.4, -0.2) is 33.6 Å². The molecule has 0 saturated heterocycles. The minimum atomic E-state index is -0.321. The third-order valence-electron chi connectivity index (χ3n) is 6.18. The third-order valence-corrected chi connectivity index (χ3v) is 6.18. The lowest BCUT2D eigenvalue weighted by atomic mass is 9.94. The molecule has 1 aliphatic rings. The summed E-state index contributed by atoms with van der Waals surface area (Å²) < 4.78 is 11.2. The van der Waals surface area contributed by atoms with Gasteiger partial charge >= 0.3 is 5.97 Å². The van der Waals surface area contributed by atoms with E-state index in [0.717, 1.165) is 29.3 Å². The Bertz CT molecular complexity index is 1150. The highest BCUT2D eigenvalue weighted by Gasteiger charge is 2.31. The molecule has 7 heteroatoms. The average molecular weight is 435 g/mol. The number of fused-ring (bicyclic) bond motifs is 2. The number of rotatable bonds is 7. The van der Waals surface area contributed by atoms with Crippen molar-refractivity contribution in [2.24, 2.45) is 0 Å². The highest BCUT2D eigenvalue weighted by molar-refractivity contribution is 5.93. The Labute approximate surface area is 188 Å². The molecule has 0 aromatic carbocycles. The molecule has 0 bridgehead atoms. The van der Waals surface area contributed by atoms with Gasteiger partial charge < -0.3 is 14.8 Å². The monoisotopic (exact) mass is 434 g/mol. The zero-order valence-electron chi connectivity index (χ0n) is 19.3. The molecule has 1 N–H and O–H groups in total. The lowest BCUT2D eigenvalue weighted by Gasteiger charge is -2.27. The van der Waals surface area contributed by atoms with E-state index in [-0.39, 0.29) is 18.0 Å². The number of nitrogens with zero attached hydrogens (tertiary/aromatic N) is 3. The smallest absolute Gasteiger partial charge is 0.340 e. The molecule has 0 radical (unpaired) electrons. The van der Waals surface area contributed by atoms with Gasteiger partial charge in [-0.05, 0) is 54.8 Å². The van der Waals surface area contributed by atoms with E-state index in [2.05, 4.69) is 36.1 Å². The number of esters is 1. The average Bonchev–Trinajstić information content (AvgIpc) is 2.80. The largest absolute Gasteiger partial charge is 0.477 e. The lowest BCUT2D eigenvalue weighted by molar-refractivity contribution is 0.0235. The highest BCUT2D eigenvalue weighted by atomic mass is 16.5. The second kappa shape index (κ2) is 9.10. The van der Waals surface area contributed by atoms with Crippen molar-refractivity contribution in [1.82, 2.24) is 15.0 Å². The van der Waals surface area contributed by atoms with Gasteiger partial charge in [0.15, 0.2) is 0 Å². The Morgan fingerprint density at radius 3 is 2.69 bits per heavy atom. The quantitative estimate of drug-likeness (QED) is 0.475. The van der Waals surface area contributed by atoms with Crippen LogP contribution in [0.5, 0.6) is 5.88 Å². The van der Waals surface area contributed by atoms with Crippen LogP contribution < -0.4 is 10.1 Å². The molecule has 7 nitrogen and oxygen atoms in total. The Kier molecular flexibility index (Phi) is 6.26. The summed E-state index contributed by atoms with van der Waals surface area (Å²) in [6, 6.07) is 5.58. The van der Waals surface area contributed by atoms with Gasteiger partial charge in [0.25, 0.3) is 0 Å². The van der Waals surface area contributed by atoms with Gasteiger partial charge in [-0.3, -0.25) is 0 Å². The highest BCUT2D eigenvalue weighted by Crippen LogP contribution is 2.34. The van der Waals surface area contributed by atoms with E-state index in [4.69, 9.17) is 14.5 Å². The summed E-state index contributed by atoms with van der Waals surface area (Å²) in [5, 5.41) is 5.29. The Balaban J connectivity index is 1.72. The summed E-state index contributed by atoms with van der Waals surface area (Å²) in [7, 11) is 0. The minimum absolute atomic E-state index is 0.0235. The van der Waals surface area contributed by atoms with Crippen molar-refractivity contribution >= 4 is 28.4 Å². The van der Waals surface area contributed by atoms with E-state index in [9.17, 15) is 4.79 Å². The van der Waals surface area contributed by atoms with Gasteiger partial charge in [0.05, 0.1) is 23.3 Å². The number of aromatic nitrogens is 3. The van der Waals surface area contributed by atoms with E-state index in [1.807, 2.05) is 32.3 Å². The summed E-state index contributed by atoms with van der Waals surface area (Å²) in [5.74, 6) is 2.00. The number of anilines is 2. The van der Waals surface area contributed by atoms with Crippen molar-refractivity contribution < 1.29 is 14.3 Å². The molecule has 0 unspecified atom stereocenters. The number of carbonyl (C=O) groups is 1. The zero-order chi connectivity index (χ0) is 22.8. The molecule has 4 rings (SSSR count). The zero-order valence-corrected chi connectivity index (χ0v) is 19.3. The van der Waals surface area contributed by atoms with Gasteiger partial charge in [-0.1, -0.05) is 27.7 Å². The number of pyridine rings is 3. The number of ether oxygens (including phenoxy) is 2. The Morgan fingerprint density at radius 2 is 1.94 bits per heavy atom. The first kappa shape index (κ1) is 22.0. The van der Waals surface area contributed by atoms with E-state index in [1.54, 1.807) is 12.1 Å². The van der Waals surface area contributed by atoms with Gasteiger partial charge in [-0.15, -0.1) is 0 Å². The molecule has 0 fully saturated rings. The molecule has 0 amide bonds. The molecular weight excluding hydrogens is 404 g/mol. The molecule has 1 aliphatic heterocycles. The predicted octanol–water partition coefficient (Wildman–Crippen LogP) is 5.73. The van der Waals surface area contributed by atoms with Crippen molar-refractivity contribution in [3.63, 3.8) is 0 Å². The summed E-state index contributed by atoms with van der Waals surface area (Å²) >= 11 is 0. The fourth-order valence-corrected chi connectivity index (χ4v) is 3.88. The van der Waals surface area contributed by atoms with Crippen molar-refractivity contribution in [2.75, 3.05) is 11.9 Å². The van der Waals surface area contributed by atoms with Gasteiger partial charge in [0, 0.05) is 18.3 Å². The number of hydrogen-bond acceptors (Lipinski definition) is 7. The maximum absolute atomic E-state index is 12.2. The van der Waals surface area contributed by atoms with E-state index in [0.29, 0.717) is 35.6 Å². The fraction of sp³-hybridized carbons (Fsp3) is 0.440. The van der Waals surface area contributed by atoms with E-state index >= 15 is 0 Å². The van der Waals surface area contributed by atoms with Gasteiger partial charge in [-0.2, -0.15) is 0 Å². The SMILES string of the molecule is CCCOc1ncc([C@H](C)CC)c2cc(Nc3ccc4c(n3)[C@@H](C)[C@H](C)OC4=O)ncc12. The Hall–Kier alpha value is -3.22. The van der Waals surface area contributed by atoms with E-state index in [1.165, 1.54) is 5.56 Å². The molecule has 4 heterocycles. The normalized spacial score (nSPS) is 18.7. The fourth-order valence-electron chi connectivity index (χ4n) is 3.88. The van der Waals surface area contributed by atoms with E-state index < -0.39 is 0 Å². The first-order valence-corrected chi connectivity index (χ1v) is 11.3. The number of cyclic esters (lactones) is 1. The van der Waals surface area contributed by atoms with Crippen molar-refractivity contribution in [3.8, 4) is 5.88 Å². The number of nitrogens with one attached hydrogen (secondary N) is 1. The van der Waals surface area contributed by atoms with Crippen LogP contribution in [0.15, 0.2) is 30.6 Å². The number of carbonyl (C=O) groups excluding carboxylic acids is 1. The topological polar surface area (TPSA) is 86.2 Å². The molecule has 3 aromatic rings. The molecule has 0 saturated carbocycles. The standard InChI is InChI=1S/C25H30N4O3/c1-6-10-31-24-20-13-26-22(11-18(20)19(12-27-24)14(3)7-2)28-21-9-8-17-23(29-21)15(4)16(5)32-25(17)30/h8-9,11-16H,6-7,10H2,1-5H3,(H,26,28,29)/t14-,15+,16+/m1/s1. The van der Waals surface area contributed by atoms with Crippen LogP contribution >= 0.6 is 0 Å². The van der Waals surface area contributed by atoms with Crippen molar-refractivity contribution in [3.05, 3.63) is 47.4 Å². The van der Waals surface area contributed by atoms with Crippen LogP contribution in [0.1, 0.15) is 80.9 Å². The summed E-state index contributed by atoms with van der Waals surface area (Å²) in [5.41, 5.74) is 2.44. The van der Waals surface area contributed by atoms with Crippen LogP contribution in [0.2, 0.25) is 0 Å². The second-order valence-corrected chi connectivity index (χ2v) is 8.44. The van der Waals surface area contributed by atoms with Gasteiger partial charge in [-0.25, -0.2) is 19.7 Å². The molecule has 0 spiro atoms. The maximum atomic E-state index is 12.2. The van der Waals surface area contributed by atoms with Crippen molar-refractivity contribution in [2.45, 2.75) is 65.4 Å². The first-order chi connectivity index (χ1) is 15.4. The molecular formula is C25H30N4O3. The molecule has 0 aliphatic carbocycles. The molecule has 168 valence electrons. The van der Waals surface area contributed by atoms with Crippen LogP contribution in [0, 0.1) is 0 Å². The predicted molar refractivity (Wildman–Crippen MR) is 125 cm³/mol. The van der Waals surface area contributed by atoms with Crippen LogP contribution in [0.4, 0.5) is 11.6 Å². The van der Waals surface area contributed by atoms with Crippen molar-refractivity contribution in [1.29, 1.82) is 0 Å². The third kappa shape index (κ3) is 4.11. The van der Waals surface area contributed by atoms with Crippen LogP contribution in [0.3, 0.4) is 0 Å². The van der Waals surface area contributed by atoms with Gasteiger partial charge in [0.2, 0.25) is 5.88 Å². The molecule has 32 heavy (non-hydrogen) atoms. The Morgan fingerprint density at radius 1 is 1.12 bits per heavy atom. The summed E-state index contributed by atoms with van der Waals surface area (Å²) in [6.07, 6.45) is 5.44. The maximum Gasteiger partial charge on any atom is 0.340 e. The number of hydrogen-bond donors (Lipinski definition) is 1. The lowest BCUT2D eigenvalue weighted by Crippen LogP contribution is -2.29. The first-order valence-electron chi connectivity index (χ1n) is 11.3. The second-order valence-electron chi connectivity index (χ2n) is 8.44. The van der Waals surface area contributed by atoms with Crippen LogP contribution in [0.25, 0.3) is 10.8 Å². The molecule has 3 atom stereocenters. The molecule has 3 aromatic heterocycles. The summed E-state index contributed by atoms with van der Waals surface area (Å²) in [4.78, 5) is 26.0. The summed E-state index contributed by atoms with van der Waals surface area (Å²) in [6.45, 7) is 11.0. The minimum Gasteiger partial charge on any atom is -0.477 e. The van der Waals surface area contributed by atoms with Crippen LogP contribution in [-0.2, 0) is 4.74 Å². The van der Waals surface area contributed by atoms with Gasteiger partial charge in [0.1, 0.15) is 17.7 Å².